The van der Waals surface area contributed by atoms with Crippen LogP contribution < -0.4 is 14.4 Å². The second-order valence-electron chi connectivity index (χ2n) is 8.10. The van der Waals surface area contributed by atoms with E-state index in [1.54, 1.807) is 0 Å². The van der Waals surface area contributed by atoms with E-state index in [0.717, 1.165) is 34.0 Å². The standard InChI is InChI=1S/C27H27N3O3/c1-2-32-23-14-12-21(13-15-23)30-19-20(18-26(30)31)27-28-24-10-6-7-11-25(24)29(27)16-17-33-22-8-4-3-5-9-22/h3-15,20H,2,16-19H2,1H3/t20-/m1/s1. The van der Waals surface area contributed by atoms with Crippen molar-refractivity contribution in [3.8, 4) is 11.5 Å². The predicted octanol–water partition coefficient (Wildman–Crippen LogP) is 5.03. The number of imidazole rings is 1. The average molecular weight is 442 g/mol. The largest absolute Gasteiger partial charge is 0.494 e. The minimum atomic E-state index is 0.0215. The number of benzene rings is 3. The number of anilines is 1. The monoisotopic (exact) mass is 441 g/mol. The minimum absolute atomic E-state index is 0.0215. The second kappa shape index (κ2) is 9.36. The normalized spacial score (nSPS) is 15.8. The molecule has 2 heterocycles. The number of nitrogens with zero attached hydrogens (tertiary/aromatic N) is 3. The highest BCUT2D eigenvalue weighted by Gasteiger charge is 2.34. The summed E-state index contributed by atoms with van der Waals surface area (Å²) in [6.07, 6.45) is 0.441. The van der Waals surface area contributed by atoms with Crippen LogP contribution in [0.2, 0.25) is 0 Å². The molecule has 0 bridgehead atoms. The number of amides is 1. The molecule has 1 atom stereocenters. The van der Waals surface area contributed by atoms with E-state index in [0.29, 0.717) is 32.7 Å². The molecule has 33 heavy (non-hydrogen) atoms. The Bertz CT molecular complexity index is 1230. The molecule has 1 aliphatic heterocycles. The number of ether oxygens (including phenoxy) is 2. The topological polar surface area (TPSA) is 56.6 Å². The smallest absolute Gasteiger partial charge is 0.227 e. The summed E-state index contributed by atoms with van der Waals surface area (Å²) in [5.41, 5.74) is 2.90. The van der Waals surface area contributed by atoms with Crippen LogP contribution in [0.5, 0.6) is 11.5 Å². The quantitative estimate of drug-likeness (QED) is 0.385. The van der Waals surface area contributed by atoms with E-state index >= 15 is 0 Å². The van der Waals surface area contributed by atoms with Gasteiger partial charge in [0.1, 0.15) is 23.9 Å². The molecule has 6 heteroatoms. The first-order chi connectivity index (χ1) is 16.2. The maximum absolute atomic E-state index is 12.9. The van der Waals surface area contributed by atoms with E-state index in [2.05, 4.69) is 10.6 Å². The van der Waals surface area contributed by atoms with Crippen LogP contribution in [-0.4, -0.2) is 35.2 Å². The number of hydrogen-bond donors (Lipinski definition) is 0. The molecule has 3 aromatic carbocycles. The molecule has 0 unspecified atom stereocenters. The number of fused-ring (bicyclic) bond motifs is 1. The molecule has 1 amide bonds. The Kier molecular flexibility index (Phi) is 5.98. The van der Waals surface area contributed by atoms with Crippen molar-refractivity contribution in [2.75, 3.05) is 24.7 Å². The maximum atomic E-state index is 12.9. The van der Waals surface area contributed by atoms with Gasteiger partial charge >= 0.3 is 0 Å². The molecular weight excluding hydrogens is 414 g/mol. The predicted molar refractivity (Wildman–Crippen MR) is 129 cm³/mol. The molecule has 0 saturated carbocycles. The first kappa shape index (κ1) is 21.1. The summed E-state index contributed by atoms with van der Waals surface area (Å²) in [5, 5.41) is 0. The minimum Gasteiger partial charge on any atom is -0.494 e. The summed E-state index contributed by atoms with van der Waals surface area (Å²) in [6.45, 7) is 4.38. The van der Waals surface area contributed by atoms with Crippen LogP contribution >= 0.6 is 0 Å². The third-order valence-corrected chi connectivity index (χ3v) is 5.96. The number of carbonyl (C=O) groups is 1. The number of para-hydroxylation sites is 3. The molecule has 5 rings (SSSR count). The van der Waals surface area contributed by atoms with Crippen LogP contribution in [-0.2, 0) is 11.3 Å². The highest BCUT2D eigenvalue weighted by Crippen LogP contribution is 2.33. The van der Waals surface area contributed by atoms with Gasteiger partial charge in [0, 0.05) is 24.6 Å². The van der Waals surface area contributed by atoms with Crippen molar-refractivity contribution in [2.24, 2.45) is 0 Å². The third-order valence-electron chi connectivity index (χ3n) is 5.96. The van der Waals surface area contributed by atoms with Crippen molar-refractivity contribution >= 4 is 22.6 Å². The van der Waals surface area contributed by atoms with E-state index in [1.807, 2.05) is 84.6 Å². The van der Waals surface area contributed by atoms with Gasteiger partial charge in [0.05, 0.1) is 24.2 Å². The maximum Gasteiger partial charge on any atom is 0.227 e. The lowest BCUT2D eigenvalue weighted by Crippen LogP contribution is -2.24. The van der Waals surface area contributed by atoms with Crippen LogP contribution in [0.25, 0.3) is 11.0 Å². The molecule has 1 saturated heterocycles. The Morgan fingerprint density at radius 3 is 2.42 bits per heavy atom. The van der Waals surface area contributed by atoms with Gasteiger partial charge in [-0.05, 0) is 55.5 Å². The Hall–Kier alpha value is -3.80. The van der Waals surface area contributed by atoms with Gasteiger partial charge in [0.25, 0.3) is 0 Å². The van der Waals surface area contributed by atoms with Gasteiger partial charge in [0.2, 0.25) is 5.91 Å². The van der Waals surface area contributed by atoms with Gasteiger partial charge in [-0.25, -0.2) is 4.98 Å². The molecular formula is C27H27N3O3. The van der Waals surface area contributed by atoms with E-state index in [1.165, 1.54) is 0 Å². The van der Waals surface area contributed by atoms with Crippen LogP contribution in [0.15, 0.2) is 78.9 Å². The molecule has 1 aromatic heterocycles. The van der Waals surface area contributed by atoms with Gasteiger partial charge < -0.3 is 18.9 Å². The van der Waals surface area contributed by atoms with E-state index < -0.39 is 0 Å². The molecule has 1 fully saturated rings. The van der Waals surface area contributed by atoms with Gasteiger partial charge in [0.15, 0.2) is 0 Å². The Labute approximate surface area is 193 Å². The summed E-state index contributed by atoms with van der Waals surface area (Å²) < 4.78 is 13.7. The first-order valence-corrected chi connectivity index (χ1v) is 11.4. The Morgan fingerprint density at radius 1 is 0.909 bits per heavy atom. The molecule has 6 nitrogen and oxygen atoms in total. The molecule has 0 radical (unpaired) electrons. The molecule has 4 aromatic rings. The summed E-state index contributed by atoms with van der Waals surface area (Å²) in [5.74, 6) is 2.73. The average Bonchev–Trinajstić information content (AvgIpc) is 3.41. The number of aromatic nitrogens is 2. The fourth-order valence-electron chi connectivity index (χ4n) is 4.43. The van der Waals surface area contributed by atoms with Crippen LogP contribution in [0, 0.1) is 0 Å². The SMILES string of the molecule is CCOc1ccc(N2C[C@H](c3nc4ccccc4n3CCOc3ccccc3)CC2=O)cc1. The zero-order valence-electron chi connectivity index (χ0n) is 18.7. The van der Waals surface area contributed by atoms with Crippen molar-refractivity contribution in [2.45, 2.75) is 25.8 Å². The lowest BCUT2D eigenvalue weighted by Gasteiger charge is -2.18. The van der Waals surface area contributed by atoms with E-state index in [-0.39, 0.29) is 11.8 Å². The summed E-state index contributed by atoms with van der Waals surface area (Å²) in [6, 6.07) is 25.7. The van der Waals surface area contributed by atoms with Gasteiger partial charge in [-0.1, -0.05) is 30.3 Å². The lowest BCUT2D eigenvalue weighted by molar-refractivity contribution is -0.117. The van der Waals surface area contributed by atoms with E-state index in [4.69, 9.17) is 14.5 Å². The van der Waals surface area contributed by atoms with Crippen LogP contribution in [0.1, 0.15) is 25.1 Å². The van der Waals surface area contributed by atoms with Crippen molar-refractivity contribution in [3.05, 3.63) is 84.7 Å². The molecule has 0 aliphatic carbocycles. The molecule has 1 aliphatic rings. The molecule has 0 N–H and O–H groups in total. The van der Waals surface area contributed by atoms with Crippen LogP contribution in [0.3, 0.4) is 0 Å². The van der Waals surface area contributed by atoms with E-state index in [9.17, 15) is 4.79 Å². The molecule has 0 spiro atoms. The van der Waals surface area contributed by atoms with Gasteiger partial charge in [-0.3, -0.25) is 4.79 Å². The van der Waals surface area contributed by atoms with Crippen molar-refractivity contribution in [1.29, 1.82) is 0 Å². The zero-order chi connectivity index (χ0) is 22.6. The van der Waals surface area contributed by atoms with Crippen LogP contribution in [0.4, 0.5) is 5.69 Å². The molecule has 168 valence electrons. The highest BCUT2D eigenvalue weighted by molar-refractivity contribution is 5.96. The lowest BCUT2D eigenvalue weighted by atomic mass is 10.1. The number of hydrogen-bond acceptors (Lipinski definition) is 4. The number of carbonyl (C=O) groups excluding carboxylic acids is 1. The zero-order valence-corrected chi connectivity index (χ0v) is 18.7. The Morgan fingerprint density at radius 2 is 1.64 bits per heavy atom. The number of rotatable bonds is 8. The van der Waals surface area contributed by atoms with Crippen molar-refractivity contribution in [3.63, 3.8) is 0 Å². The highest BCUT2D eigenvalue weighted by atomic mass is 16.5. The van der Waals surface area contributed by atoms with Gasteiger partial charge in [-0.15, -0.1) is 0 Å². The summed E-state index contributed by atoms with van der Waals surface area (Å²) >= 11 is 0. The summed E-state index contributed by atoms with van der Waals surface area (Å²) in [7, 11) is 0. The Balaban J connectivity index is 1.37. The van der Waals surface area contributed by atoms with Gasteiger partial charge in [-0.2, -0.15) is 0 Å². The first-order valence-electron chi connectivity index (χ1n) is 11.4. The third kappa shape index (κ3) is 4.42. The van der Waals surface area contributed by atoms with Crippen molar-refractivity contribution in [1.82, 2.24) is 9.55 Å². The summed E-state index contributed by atoms with van der Waals surface area (Å²) in [4.78, 5) is 19.7. The fraction of sp³-hybridized carbons (Fsp3) is 0.259. The fourth-order valence-corrected chi connectivity index (χ4v) is 4.43. The second-order valence-corrected chi connectivity index (χ2v) is 8.10. The van der Waals surface area contributed by atoms with Crippen molar-refractivity contribution < 1.29 is 14.3 Å².